The highest BCUT2D eigenvalue weighted by molar-refractivity contribution is 7.10. The van der Waals surface area contributed by atoms with Crippen LogP contribution in [0.2, 0.25) is 10.0 Å². The summed E-state index contributed by atoms with van der Waals surface area (Å²) in [5.74, 6) is -3.86. The molecule has 0 spiro atoms. The minimum absolute atomic E-state index is 0.151. The van der Waals surface area contributed by atoms with E-state index in [0.717, 1.165) is 11.3 Å². The van der Waals surface area contributed by atoms with Gasteiger partial charge < -0.3 is 14.8 Å². The van der Waals surface area contributed by atoms with Crippen molar-refractivity contribution in [2.24, 2.45) is 5.92 Å². The molecular weight excluding hydrogens is 533 g/mol. The number of allylic oxidation sites excluding steroid dienone is 3. The molecule has 1 aromatic heterocycles. The Morgan fingerprint density at radius 3 is 2.35 bits per heavy atom. The number of ketones is 1. The number of esters is 2. The average molecular weight is 563 g/mol. The van der Waals surface area contributed by atoms with Crippen LogP contribution in [0, 0.1) is 5.92 Å². The van der Waals surface area contributed by atoms with Gasteiger partial charge in [-0.2, -0.15) is 0 Å². The molecule has 6 nitrogen and oxygen atoms in total. The smallest absolute Gasteiger partial charge is 0.336 e. The number of thiophene rings is 1. The van der Waals surface area contributed by atoms with Gasteiger partial charge in [0.15, 0.2) is 5.78 Å². The van der Waals surface area contributed by atoms with Gasteiger partial charge in [-0.3, -0.25) is 9.59 Å². The Morgan fingerprint density at radius 1 is 1.05 bits per heavy atom. The molecule has 1 aromatic carbocycles. The highest BCUT2D eigenvalue weighted by Gasteiger charge is 2.50. The molecule has 0 unspecified atom stereocenters. The van der Waals surface area contributed by atoms with Gasteiger partial charge in [-0.1, -0.05) is 48.7 Å². The Kier molecular flexibility index (Phi) is 8.78. The number of hydrogen-bond acceptors (Lipinski definition) is 7. The van der Waals surface area contributed by atoms with Crippen LogP contribution in [0.4, 0.5) is 0 Å². The van der Waals surface area contributed by atoms with Crippen molar-refractivity contribution in [2.75, 3.05) is 13.2 Å². The first-order chi connectivity index (χ1) is 17.8. The van der Waals surface area contributed by atoms with E-state index in [4.69, 9.17) is 32.7 Å². The lowest BCUT2D eigenvalue weighted by Gasteiger charge is -2.40. The third-order valence-corrected chi connectivity index (χ3v) is 8.30. The fourth-order valence-electron chi connectivity index (χ4n) is 5.19. The van der Waals surface area contributed by atoms with Crippen molar-refractivity contribution < 1.29 is 23.9 Å². The number of carbonyl (C=O) groups excluding carboxylic acids is 3. The molecule has 1 aliphatic carbocycles. The minimum Gasteiger partial charge on any atom is -0.465 e. The topological polar surface area (TPSA) is 81.7 Å². The Hall–Kier alpha value is -2.61. The van der Waals surface area contributed by atoms with Gasteiger partial charge in [0.25, 0.3) is 0 Å². The average Bonchev–Trinajstić information content (AvgIpc) is 3.39. The highest BCUT2D eigenvalue weighted by Crippen LogP contribution is 2.51. The molecule has 4 rings (SSSR count). The summed E-state index contributed by atoms with van der Waals surface area (Å²) in [5.41, 5.74) is 2.39. The van der Waals surface area contributed by atoms with Crippen LogP contribution in [-0.4, -0.2) is 30.9 Å². The number of Topliss-reactive ketones (excluding diaryl/α,β-unsaturated/α-hetero) is 1. The molecule has 0 bridgehead atoms. The lowest BCUT2D eigenvalue weighted by molar-refractivity contribution is -0.152. The predicted molar refractivity (Wildman–Crippen MR) is 145 cm³/mol. The molecule has 37 heavy (non-hydrogen) atoms. The number of benzene rings is 1. The summed E-state index contributed by atoms with van der Waals surface area (Å²) in [4.78, 5) is 41.9. The zero-order chi connectivity index (χ0) is 26.7. The standard InChI is InChI=1S/C28H29Cl2NO5S/c1-4-9-18-24(28(34)36-6-3)25(22-16(29)10-7-11-17(22)30)23-19(31-18)14-15(20-12-8-13-37-20)21(26(23)32)27(33)35-5-2/h7-8,10-13,15,21,25,31H,4-6,9,14H2,1-3H3/t15-,21+,25-/m1/s1. The van der Waals surface area contributed by atoms with Crippen LogP contribution in [0.25, 0.3) is 0 Å². The molecule has 3 atom stereocenters. The number of halogens is 2. The van der Waals surface area contributed by atoms with Crippen LogP contribution in [-0.2, 0) is 23.9 Å². The van der Waals surface area contributed by atoms with Crippen LogP contribution < -0.4 is 5.32 Å². The molecule has 0 saturated carbocycles. The molecule has 2 heterocycles. The van der Waals surface area contributed by atoms with E-state index in [1.165, 1.54) is 11.3 Å². The quantitative estimate of drug-likeness (QED) is 0.290. The van der Waals surface area contributed by atoms with E-state index in [2.05, 4.69) is 5.32 Å². The number of nitrogens with one attached hydrogen (secondary N) is 1. The monoisotopic (exact) mass is 561 g/mol. The van der Waals surface area contributed by atoms with Crippen molar-refractivity contribution in [2.45, 2.75) is 51.9 Å². The van der Waals surface area contributed by atoms with Crippen molar-refractivity contribution in [3.05, 3.63) is 78.7 Å². The fraction of sp³-hybridized carbons (Fsp3) is 0.393. The number of carbonyl (C=O) groups is 3. The van der Waals surface area contributed by atoms with Crippen molar-refractivity contribution in [1.82, 2.24) is 5.32 Å². The summed E-state index contributed by atoms with van der Waals surface area (Å²) in [6.45, 7) is 5.76. The predicted octanol–water partition coefficient (Wildman–Crippen LogP) is 6.55. The lowest BCUT2D eigenvalue weighted by atomic mass is 9.68. The van der Waals surface area contributed by atoms with E-state index in [1.807, 2.05) is 24.4 Å². The largest absolute Gasteiger partial charge is 0.465 e. The van der Waals surface area contributed by atoms with Gasteiger partial charge in [-0.05, 0) is 50.3 Å². The first-order valence-electron chi connectivity index (χ1n) is 12.4. The van der Waals surface area contributed by atoms with E-state index in [1.54, 1.807) is 32.0 Å². The van der Waals surface area contributed by atoms with Gasteiger partial charge in [0.2, 0.25) is 0 Å². The molecule has 1 N–H and O–H groups in total. The zero-order valence-electron chi connectivity index (χ0n) is 20.9. The molecule has 0 amide bonds. The maximum absolute atomic E-state index is 14.3. The van der Waals surface area contributed by atoms with Gasteiger partial charge >= 0.3 is 11.9 Å². The zero-order valence-corrected chi connectivity index (χ0v) is 23.3. The Labute approximate surface area is 230 Å². The van der Waals surface area contributed by atoms with Crippen molar-refractivity contribution in [3.63, 3.8) is 0 Å². The summed E-state index contributed by atoms with van der Waals surface area (Å²) >= 11 is 14.8. The minimum atomic E-state index is -1.06. The van der Waals surface area contributed by atoms with Crippen LogP contribution >= 0.6 is 34.5 Å². The second-order valence-corrected chi connectivity index (χ2v) is 10.7. The van der Waals surface area contributed by atoms with Crippen molar-refractivity contribution in [1.29, 1.82) is 0 Å². The SMILES string of the molecule is CCCC1=C(C(=O)OCC)[C@H](c2c(Cl)cccc2Cl)C2=C(C[C@H](c3cccs3)[C@H](C(=O)OCC)C2=O)N1. The molecular formula is C28H29Cl2NO5S. The van der Waals surface area contributed by atoms with Gasteiger partial charge in [-0.25, -0.2) is 4.79 Å². The molecule has 196 valence electrons. The maximum atomic E-state index is 14.3. The molecule has 2 aromatic rings. The summed E-state index contributed by atoms with van der Waals surface area (Å²) in [7, 11) is 0. The normalized spacial score (nSPS) is 21.4. The van der Waals surface area contributed by atoms with Gasteiger partial charge in [0, 0.05) is 43.4 Å². The molecule has 0 radical (unpaired) electrons. The molecule has 0 fully saturated rings. The highest BCUT2D eigenvalue weighted by atomic mass is 35.5. The first kappa shape index (κ1) is 27.4. The molecule has 2 aliphatic rings. The van der Waals surface area contributed by atoms with Crippen molar-refractivity contribution >= 4 is 52.3 Å². The maximum Gasteiger partial charge on any atom is 0.336 e. The number of hydrogen-bond donors (Lipinski definition) is 1. The number of dihydropyridines is 1. The Balaban J connectivity index is 1.97. The fourth-order valence-corrected chi connectivity index (χ4v) is 6.67. The van der Waals surface area contributed by atoms with Crippen LogP contribution in [0.3, 0.4) is 0 Å². The van der Waals surface area contributed by atoms with Crippen molar-refractivity contribution in [3.8, 4) is 0 Å². The summed E-state index contributed by atoms with van der Waals surface area (Å²) < 4.78 is 10.8. The van der Waals surface area contributed by atoms with E-state index >= 15 is 0 Å². The van der Waals surface area contributed by atoms with E-state index in [9.17, 15) is 14.4 Å². The lowest BCUT2D eigenvalue weighted by Crippen LogP contribution is -2.43. The van der Waals surface area contributed by atoms with Crippen LogP contribution in [0.1, 0.15) is 62.3 Å². The Bertz CT molecular complexity index is 1250. The van der Waals surface area contributed by atoms with Gasteiger partial charge in [0.05, 0.1) is 24.7 Å². The summed E-state index contributed by atoms with van der Waals surface area (Å²) in [6, 6.07) is 8.90. The third-order valence-electron chi connectivity index (χ3n) is 6.64. The second-order valence-electron chi connectivity index (χ2n) is 8.87. The van der Waals surface area contributed by atoms with E-state index < -0.39 is 35.5 Å². The van der Waals surface area contributed by atoms with Crippen LogP contribution in [0.15, 0.2) is 58.3 Å². The summed E-state index contributed by atoms with van der Waals surface area (Å²) in [5, 5.41) is 5.97. The first-order valence-corrected chi connectivity index (χ1v) is 14.1. The van der Waals surface area contributed by atoms with Crippen LogP contribution in [0.5, 0.6) is 0 Å². The molecule has 1 aliphatic heterocycles. The van der Waals surface area contributed by atoms with E-state index in [0.29, 0.717) is 51.0 Å². The Morgan fingerprint density at radius 2 is 1.76 bits per heavy atom. The third kappa shape index (κ3) is 5.22. The van der Waals surface area contributed by atoms with Gasteiger partial charge in [0.1, 0.15) is 5.92 Å². The molecule has 9 heteroatoms. The number of rotatable bonds is 8. The number of ether oxygens (including phenoxy) is 2. The summed E-state index contributed by atoms with van der Waals surface area (Å²) in [6.07, 6.45) is 1.71. The van der Waals surface area contributed by atoms with E-state index in [-0.39, 0.29) is 13.2 Å². The van der Waals surface area contributed by atoms with Gasteiger partial charge in [-0.15, -0.1) is 11.3 Å². The second kappa shape index (κ2) is 11.8. The molecule has 0 saturated heterocycles.